The molecule has 0 spiro atoms. The number of hydrogen-bond acceptors (Lipinski definition) is 2. The summed E-state index contributed by atoms with van der Waals surface area (Å²) in [5.41, 5.74) is 1.05. The Labute approximate surface area is 116 Å². The summed E-state index contributed by atoms with van der Waals surface area (Å²) in [4.78, 5) is 11.7. The van der Waals surface area contributed by atoms with Gasteiger partial charge in [0.25, 0.3) is 0 Å². The highest BCUT2D eigenvalue weighted by molar-refractivity contribution is 5.89. The van der Waals surface area contributed by atoms with Crippen LogP contribution in [0.25, 0.3) is 0 Å². The van der Waals surface area contributed by atoms with Gasteiger partial charge < -0.3 is 5.32 Å². The molecule has 0 aliphatic rings. The van der Waals surface area contributed by atoms with E-state index in [9.17, 15) is 4.79 Å². The molecule has 0 radical (unpaired) electrons. The molecular formula is C15H27N3O. The zero-order valence-electron chi connectivity index (χ0n) is 12.3. The van der Waals surface area contributed by atoms with Gasteiger partial charge in [0, 0.05) is 18.2 Å². The van der Waals surface area contributed by atoms with E-state index in [4.69, 9.17) is 0 Å². The van der Waals surface area contributed by atoms with Gasteiger partial charge in [-0.2, -0.15) is 5.10 Å². The van der Waals surface area contributed by atoms with Crippen LogP contribution in [0.4, 0.5) is 5.82 Å². The minimum atomic E-state index is 0.0720. The van der Waals surface area contributed by atoms with Crippen LogP contribution in [0, 0.1) is 0 Å². The average Bonchev–Trinajstić information content (AvgIpc) is 2.85. The smallest absolute Gasteiger partial charge is 0.225 e. The number of H-pyrrole nitrogens is 1. The molecule has 0 unspecified atom stereocenters. The lowest BCUT2D eigenvalue weighted by Crippen LogP contribution is -2.11. The normalized spacial score (nSPS) is 10.6. The van der Waals surface area contributed by atoms with Gasteiger partial charge in [-0.25, -0.2) is 0 Å². The van der Waals surface area contributed by atoms with E-state index in [0.717, 1.165) is 25.0 Å². The first-order chi connectivity index (χ1) is 9.26. The van der Waals surface area contributed by atoms with Crippen LogP contribution in [0.1, 0.15) is 70.9 Å². The molecule has 1 heterocycles. The molecule has 1 rings (SSSR count). The maximum atomic E-state index is 11.7. The largest absolute Gasteiger partial charge is 0.309 e. The van der Waals surface area contributed by atoms with Crippen molar-refractivity contribution in [3.63, 3.8) is 0 Å². The first-order valence-electron chi connectivity index (χ1n) is 7.60. The van der Waals surface area contributed by atoms with E-state index in [1.54, 1.807) is 0 Å². The Morgan fingerprint density at radius 3 is 2.47 bits per heavy atom. The van der Waals surface area contributed by atoms with Crippen LogP contribution in [0.15, 0.2) is 6.07 Å². The maximum Gasteiger partial charge on any atom is 0.225 e. The molecule has 1 amide bonds. The van der Waals surface area contributed by atoms with Crippen molar-refractivity contribution in [1.82, 2.24) is 10.2 Å². The van der Waals surface area contributed by atoms with Crippen molar-refractivity contribution in [1.29, 1.82) is 0 Å². The van der Waals surface area contributed by atoms with Gasteiger partial charge in [0.2, 0.25) is 5.91 Å². The fourth-order valence-electron chi connectivity index (χ4n) is 2.05. The van der Waals surface area contributed by atoms with Gasteiger partial charge in [-0.05, 0) is 12.8 Å². The molecular weight excluding hydrogens is 238 g/mol. The number of aromatic amines is 1. The van der Waals surface area contributed by atoms with Gasteiger partial charge in [0.15, 0.2) is 5.82 Å². The zero-order valence-corrected chi connectivity index (χ0v) is 12.3. The molecule has 4 nitrogen and oxygen atoms in total. The summed E-state index contributed by atoms with van der Waals surface area (Å²) in [6.45, 7) is 4.28. The molecule has 0 bridgehead atoms. The lowest BCUT2D eigenvalue weighted by Gasteiger charge is -2.02. The fourth-order valence-corrected chi connectivity index (χ4v) is 2.05. The average molecular weight is 265 g/mol. The number of unbranched alkanes of at least 4 members (excludes halogenated alkanes) is 6. The molecule has 0 atom stereocenters. The first kappa shape index (κ1) is 15.7. The van der Waals surface area contributed by atoms with Gasteiger partial charge in [0.1, 0.15) is 0 Å². The maximum absolute atomic E-state index is 11.7. The van der Waals surface area contributed by atoms with Gasteiger partial charge in [-0.1, -0.05) is 52.4 Å². The van der Waals surface area contributed by atoms with Crippen molar-refractivity contribution in [2.75, 3.05) is 5.32 Å². The second-order valence-corrected chi connectivity index (χ2v) is 5.05. The molecule has 19 heavy (non-hydrogen) atoms. The summed E-state index contributed by atoms with van der Waals surface area (Å²) in [6.07, 6.45) is 10.1. The third-order valence-electron chi connectivity index (χ3n) is 3.29. The van der Waals surface area contributed by atoms with E-state index in [1.807, 2.05) is 6.07 Å². The number of carbonyl (C=O) groups is 1. The molecule has 0 aliphatic carbocycles. The molecule has 0 fully saturated rings. The Kier molecular flexibility index (Phi) is 7.94. The Balaban J connectivity index is 2.04. The van der Waals surface area contributed by atoms with E-state index in [0.29, 0.717) is 12.2 Å². The minimum Gasteiger partial charge on any atom is -0.309 e. The minimum absolute atomic E-state index is 0.0720. The van der Waals surface area contributed by atoms with Crippen molar-refractivity contribution in [2.24, 2.45) is 0 Å². The van der Waals surface area contributed by atoms with E-state index in [2.05, 4.69) is 29.4 Å². The SMILES string of the molecule is CCCCCCCCCC(=O)Nc1cc(CC)[nH]n1. The van der Waals surface area contributed by atoms with Gasteiger partial charge in [0.05, 0.1) is 0 Å². The highest BCUT2D eigenvalue weighted by atomic mass is 16.1. The number of aromatic nitrogens is 2. The van der Waals surface area contributed by atoms with Crippen molar-refractivity contribution < 1.29 is 4.79 Å². The molecule has 0 aromatic carbocycles. The lowest BCUT2D eigenvalue weighted by molar-refractivity contribution is -0.116. The molecule has 2 N–H and O–H groups in total. The zero-order chi connectivity index (χ0) is 13.9. The van der Waals surface area contributed by atoms with Crippen LogP contribution in [-0.4, -0.2) is 16.1 Å². The Bertz CT molecular complexity index is 360. The summed E-state index contributed by atoms with van der Waals surface area (Å²) in [6, 6.07) is 1.89. The number of rotatable bonds is 10. The summed E-state index contributed by atoms with van der Waals surface area (Å²) < 4.78 is 0. The number of amides is 1. The molecule has 0 saturated heterocycles. The van der Waals surface area contributed by atoms with Gasteiger partial charge in [-0.15, -0.1) is 0 Å². The molecule has 0 saturated carbocycles. The van der Waals surface area contributed by atoms with Crippen molar-refractivity contribution in [2.45, 2.75) is 71.6 Å². The predicted molar refractivity (Wildman–Crippen MR) is 79.2 cm³/mol. The van der Waals surface area contributed by atoms with Crippen LogP contribution in [-0.2, 0) is 11.2 Å². The number of carbonyl (C=O) groups excluding carboxylic acids is 1. The van der Waals surface area contributed by atoms with Crippen LogP contribution in [0.2, 0.25) is 0 Å². The summed E-state index contributed by atoms with van der Waals surface area (Å²) in [7, 11) is 0. The third kappa shape index (κ3) is 6.99. The topological polar surface area (TPSA) is 57.8 Å². The highest BCUT2D eigenvalue weighted by Crippen LogP contribution is 2.10. The summed E-state index contributed by atoms with van der Waals surface area (Å²) >= 11 is 0. The Hall–Kier alpha value is -1.32. The highest BCUT2D eigenvalue weighted by Gasteiger charge is 2.05. The summed E-state index contributed by atoms with van der Waals surface area (Å²) in [5, 5.41) is 9.77. The van der Waals surface area contributed by atoms with E-state index < -0.39 is 0 Å². The quantitative estimate of drug-likeness (QED) is 0.627. The van der Waals surface area contributed by atoms with Crippen LogP contribution in [0.5, 0.6) is 0 Å². The van der Waals surface area contributed by atoms with Crippen molar-refractivity contribution in [3.05, 3.63) is 11.8 Å². The molecule has 0 aliphatic heterocycles. The van der Waals surface area contributed by atoms with Crippen LogP contribution >= 0.6 is 0 Å². The predicted octanol–water partition coefficient (Wildman–Crippen LogP) is 4.05. The van der Waals surface area contributed by atoms with E-state index in [-0.39, 0.29) is 5.91 Å². The monoisotopic (exact) mass is 265 g/mol. The fraction of sp³-hybridized carbons (Fsp3) is 0.733. The molecule has 1 aromatic heterocycles. The van der Waals surface area contributed by atoms with Crippen molar-refractivity contribution >= 4 is 11.7 Å². The van der Waals surface area contributed by atoms with Crippen molar-refractivity contribution in [3.8, 4) is 0 Å². The number of nitrogens with one attached hydrogen (secondary N) is 2. The van der Waals surface area contributed by atoms with Crippen LogP contribution in [0.3, 0.4) is 0 Å². The number of aryl methyl sites for hydroxylation is 1. The van der Waals surface area contributed by atoms with E-state index in [1.165, 1.54) is 32.1 Å². The Morgan fingerprint density at radius 2 is 1.84 bits per heavy atom. The molecule has 1 aromatic rings. The number of anilines is 1. The molecule has 108 valence electrons. The standard InChI is InChI=1S/C15H27N3O/c1-3-5-6-7-8-9-10-11-15(19)16-14-12-13(4-2)17-18-14/h12H,3-11H2,1-2H3,(H2,16,17,18,19). The lowest BCUT2D eigenvalue weighted by atomic mass is 10.1. The van der Waals surface area contributed by atoms with Crippen LogP contribution < -0.4 is 5.32 Å². The van der Waals surface area contributed by atoms with Gasteiger partial charge >= 0.3 is 0 Å². The molecule has 4 heteroatoms. The second kappa shape index (κ2) is 9.59. The summed E-state index contributed by atoms with van der Waals surface area (Å²) in [5.74, 6) is 0.715. The number of nitrogens with zero attached hydrogens (tertiary/aromatic N) is 1. The first-order valence-corrected chi connectivity index (χ1v) is 7.60. The second-order valence-electron chi connectivity index (χ2n) is 5.05. The third-order valence-corrected chi connectivity index (χ3v) is 3.29. The Morgan fingerprint density at radius 1 is 1.16 bits per heavy atom. The van der Waals surface area contributed by atoms with E-state index >= 15 is 0 Å². The van der Waals surface area contributed by atoms with Gasteiger partial charge in [-0.3, -0.25) is 9.89 Å². The number of hydrogen-bond donors (Lipinski definition) is 2.